The monoisotopic (exact) mass is 396 g/mol. The second-order valence-electron chi connectivity index (χ2n) is 6.67. The van der Waals surface area contributed by atoms with Gasteiger partial charge >= 0.3 is 5.76 Å². The second-order valence-corrected chi connectivity index (χ2v) is 7.45. The molecular formula is C20H20N4O3S. The number of aromatic nitrogens is 3. The third-order valence-corrected chi connectivity index (χ3v) is 5.34. The van der Waals surface area contributed by atoms with Gasteiger partial charge in [-0.1, -0.05) is 12.1 Å². The van der Waals surface area contributed by atoms with Crippen molar-refractivity contribution in [3.63, 3.8) is 0 Å². The number of thiophene rings is 1. The normalized spacial score (nSPS) is 12.4. The van der Waals surface area contributed by atoms with Gasteiger partial charge in [0.25, 0.3) is 0 Å². The molecule has 1 N–H and O–H groups in total. The first kappa shape index (κ1) is 18.2. The summed E-state index contributed by atoms with van der Waals surface area (Å²) in [6.07, 6.45) is 0. The topological polar surface area (TPSA) is 82.1 Å². The molecule has 3 heterocycles. The summed E-state index contributed by atoms with van der Waals surface area (Å²) >= 11 is 1.60. The lowest BCUT2D eigenvalue weighted by molar-refractivity contribution is -0.121. The van der Waals surface area contributed by atoms with Gasteiger partial charge in [-0.3, -0.25) is 14.0 Å². The fraction of sp³-hybridized carbons (Fsp3) is 0.250. The maximum absolute atomic E-state index is 12.6. The van der Waals surface area contributed by atoms with Crippen LogP contribution < -0.4 is 11.1 Å². The van der Waals surface area contributed by atoms with E-state index in [4.69, 9.17) is 4.42 Å². The van der Waals surface area contributed by atoms with Crippen molar-refractivity contribution in [1.29, 1.82) is 0 Å². The molecule has 144 valence electrons. The first-order chi connectivity index (χ1) is 13.5. The predicted octanol–water partition coefficient (Wildman–Crippen LogP) is 2.88. The first-order valence-corrected chi connectivity index (χ1v) is 9.87. The number of hydrogen-bond donors (Lipinski definition) is 1. The van der Waals surface area contributed by atoms with Crippen LogP contribution in [0.2, 0.25) is 0 Å². The van der Waals surface area contributed by atoms with E-state index in [1.54, 1.807) is 35.6 Å². The Balaban J connectivity index is 1.52. The lowest BCUT2D eigenvalue weighted by atomic mass is 10.1. The van der Waals surface area contributed by atoms with E-state index in [9.17, 15) is 9.59 Å². The maximum Gasteiger partial charge on any atom is 0.420 e. The summed E-state index contributed by atoms with van der Waals surface area (Å²) in [7, 11) is 0. The minimum absolute atomic E-state index is 0.0939. The molecule has 4 rings (SSSR count). The standard InChI is InChI=1S/C20H20N4O3S/c1-13-9-14(2)24(22-13)17(15-7-8-28-12-15)10-21-19(25)11-23-16-5-3-4-6-18(16)27-20(23)26/h3-9,12,17H,10-11H2,1-2H3,(H,21,25)/t17-/m1/s1. The van der Waals surface area contributed by atoms with Crippen LogP contribution in [0, 0.1) is 13.8 Å². The molecule has 28 heavy (non-hydrogen) atoms. The highest BCUT2D eigenvalue weighted by Crippen LogP contribution is 2.22. The fourth-order valence-corrected chi connectivity index (χ4v) is 4.05. The van der Waals surface area contributed by atoms with Crippen molar-refractivity contribution < 1.29 is 9.21 Å². The molecule has 1 amide bonds. The summed E-state index contributed by atoms with van der Waals surface area (Å²) in [4.78, 5) is 24.6. The molecule has 4 aromatic rings. The van der Waals surface area contributed by atoms with E-state index in [0.717, 1.165) is 17.0 Å². The Morgan fingerprint density at radius 1 is 1.29 bits per heavy atom. The van der Waals surface area contributed by atoms with Crippen molar-refractivity contribution in [1.82, 2.24) is 19.7 Å². The maximum atomic E-state index is 12.6. The SMILES string of the molecule is Cc1cc(C)n([C@H](CNC(=O)Cn2c(=O)oc3ccccc32)c2ccsc2)n1. The number of hydrogen-bond acceptors (Lipinski definition) is 5. The molecule has 0 spiro atoms. The van der Waals surface area contributed by atoms with E-state index < -0.39 is 5.76 Å². The molecule has 3 aromatic heterocycles. The van der Waals surface area contributed by atoms with Crippen molar-refractivity contribution in [3.8, 4) is 0 Å². The minimum atomic E-state index is -0.538. The highest BCUT2D eigenvalue weighted by atomic mass is 32.1. The largest absolute Gasteiger partial charge is 0.420 e. The van der Waals surface area contributed by atoms with Gasteiger partial charge in [0.15, 0.2) is 5.58 Å². The number of carbonyl (C=O) groups excluding carboxylic acids is 1. The molecule has 0 aliphatic carbocycles. The Morgan fingerprint density at radius 2 is 2.11 bits per heavy atom. The van der Waals surface area contributed by atoms with Crippen LogP contribution in [0.15, 0.2) is 56.4 Å². The molecule has 1 aromatic carbocycles. The van der Waals surface area contributed by atoms with E-state index in [2.05, 4.69) is 15.8 Å². The molecule has 0 saturated heterocycles. The van der Waals surface area contributed by atoms with Gasteiger partial charge in [0, 0.05) is 12.2 Å². The average Bonchev–Trinajstić information content (AvgIpc) is 3.37. The van der Waals surface area contributed by atoms with E-state index in [1.807, 2.05) is 36.0 Å². The van der Waals surface area contributed by atoms with Gasteiger partial charge in [0.1, 0.15) is 6.54 Å². The number of carbonyl (C=O) groups is 1. The molecule has 0 fully saturated rings. The summed E-state index contributed by atoms with van der Waals surface area (Å²) in [5.74, 6) is -0.792. The molecule has 7 nitrogen and oxygen atoms in total. The van der Waals surface area contributed by atoms with Crippen LogP contribution in [0.3, 0.4) is 0 Å². The molecule has 8 heteroatoms. The minimum Gasteiger partial charge on any atom is -0.408 e. The summed E-state index contributed by atoms with van der Waals surface area (Å²) in [5.41, 5.74) is 4.12. The van der Waals surface area contributed by atoms with Crippen molar-refractivity contribution in [3.05, 3.63) is 74.7 Å². The van der Waals surface area contributed by atoms with Crippen LogP contribution in [0.25, 0.3) is 11.1 Å². The van der Waals surface area contributed by atoms with Crippen LogP contribution in [0.5, 0.6) is 0 Å². The Bertz CT molecular complexity index is 1170. The molecular weight excluding hydrogens is 376 g/mol. The highest BCUT2D eigenvalue weighted by Gasteiger charge is 2.19. The number of fused-ring (bicyclic) bond motifs is 1. The molecule has 1 atom stereocenters. The fourth-order valence-electron chi connectivity index (χ4n) is 3.35. The van der Waals surface area contributed by atoms with Crippen molar-refractivity contribution in [2.45, 2.75) is 26.4 Å². The van der Waals surface area contributed by atoms with Crippen molar-refractivity contribution in [2.24, 2.45) is 0 Å². The number of nitrogens with zero attached hydrogens (tertiary/aromatic N) is 3. The number of rotatable bonds is 6. The summed E-state index contributed by atoms with van der Waals surface area (Å²) in [5, 5.41) is 11.6. The number of nitrogens with one attached hydrogen (secondary N) is 1. The Kier molecular flexibility index (Phi) is 4.87. The van der Waals surface area contributed by atoms with Gasteiger partial charge in [0.05, 0.1) is 17.3 Å². The van der Waals surface area contributed by atoms with Gasteiger partial charge in [0.2, 0.25) is 5.91 Å². The molecule has 0 aliphatic rings. The molecule has 0 saturated carbocycles. The smallest absolute Gasteiger partial charge is 0.408 e. The van der Waals surface area contributed by atoms with E-state index in [1.165, 1.54) is 4.57 Å². The molecule has 0 unspecified atom stereocenters. The summed E-state index contributed by atoms with van der Waals surface area (Å²) in [6, 6.07) is 11.0. The van der Waals surface area contributed by atoms with Crippen molar-refractivity contribution >= 4 is 28.3 Å². The van der Waals surface area contributed by atoms with Gasteiger partial charge in [-0.15, -0.1) is 0 Å². The number of oxazole rings is 1. The third-order valence-electron chi connectivity index (χ3n) is 4.64. The summed E-state index contributed by atoms with van der Waals surface area (Å²) in [6.45, 7) is 4.23. The third kappa shape index (κ3) is 3.50. The second kappa shape index (κ2) is 7.47. The number of para-hydroxylation sites is 2. The molecule has 0 aliphatic heterocycles. The predicted molar refractivity (Wildman–Crippen MR) is 108 cm³/mol. The zero-order chi connectivity index (χ0) is 19.7. The van der Waals surface area contributed by atoms with Crippen LogP contribution in [-0.2, 0) is 11.3 Å². The van der Waals surface area contributed by atoms with Crippen LogP contribution in [0.1, 0.15) is 23.0 Å². The summed E-state index contributed by atoms with van der Waals surface area (Å²) < 4.78 is 8.46. The Labute approximate surface area is 165 Å². The Hall–Kier alpha value is -3.13. The molecule has 0 radical (unpaired) electrons. The lowest BCUT2D eigenvalue weighted by Crippen LogP contribution is -2.35. The number of benzene rings is 1. The molecule has 0 bridgehead atoms. The average molecular weight is 396 g/mol. The van der Waals surface area contributed by atoms with Crippen LogP contribution >= 0.6 is 11.3 Å². The van der Waals surface area contributed by atoms with Gasteiger partial charge < -0.3 is 9.73 Å². The van der Waals surface area contributed by atoms with Crippen molar-refractivity contribution in [2.75, 3.05) is 6.54 Å². The zero-order valence-corrected chi connectivity index (χ0v) is 16.4. The van der Waals surface area contributed by atoms with E-state index in [0.29, 0.717) is 17.6 Å². The Morgan fingerprint density at radius 3 is 2.82 bits per heavy atom. The quantitative estimate of drug-likeness (QED) is 0.543. The first-order valence-electron chi connectivity index (χ1n) is 8.93. The zero-order valence-electron chi connectivity index (χ0n) is 15.6. The van der Waals surface area contributed by atoms with E-state index in [-0.39, 0.29) is 18.5 Å². The number of amides is 1. The van der Waals surface area contributed by atoms with Gasteiger partial charge in [-0.2, -0.15) is 16.4 Å². The van der Waals surface area contributed by atoms with Gasteiger partial charge in [-0.05, 0) is 54.4 Å². The van der Waals surface area contributed by atoms with Crippen LogP contribution in [-0.4, -0.2) is 26.8 Å². The van der Waals surface area contributed by atoms with Crippen LogP contribution in [0.4, 0.5) is 0 Å². The van der Waals surface area contributed by atoms with Gasteiger partial charge in [-0.25, -0.2) is 4.79 Å². The highest BCUT2D eigenvalue weighted by molar-refractivity contribution is 7.08. The lowest BCUT2D eigenvalue weighted by Gasteiger charge is -2.19. The number of aryl methyl sites for hydroxylation is 2. The van der Waals surface area contributed by atoms with E-state index >= 15 is 0 Å².